The third-order valence-corrected chi connectivity index (χ3v) is 14.2. The van der Waals surface area contributed by atoms with Crippen LogP contribution in [-0.4, -0.2) is 11.1 Å². The molecule has 0 aliphatic rings. The highest BCUT2D eigenvalue weighted by molar-refractivity contribution is 7.82. The molecular formula is C29H25NO2P2S. The van der Waals surface area contributed by atoms with Crippen LogP contribution < -0.4 is 21.2 Å². The molecule has 5 aromatic rings. The Hall–Kier alpha value is -3.03. The molecule has 5 rings (SSSR count). The van der Waals surface area contributed by atoms with E-state index in [4.69, 9.17) is 0 Å². The van der Waals surface area contributed by atoms with Gasteiger partial charge in [-0.3, -0.25) is 0 Å². The maximum absolute atomic E-state index is 15.4. The third-order valence-electron chi connectivity index (χ3n) is 6.23. The van der Waals surface area contributed by atoms with Crippen LogP contribution in [-0.2, 0) is 9.13 Å². The summed E-state index contributed by atoms with van der Waals surface area (Å²) in [5, 5.41) is 5.67. The maximum Gasteiger partial charge on any atom is 0.153 e. The average Bonchev–Trinajstić information content (AvgIpc) is 3.48. The lowest BCUT2D eigenvalue weighted by Crippen LogP contribution is -2.27. The van der Waals surface area contributed by atoms with E-state index in [2.05, 4.69) is 4.98 Å². The number of thiazole rings is 1. The van der Waals surface area contributed by atoms with Crippen molar-refractivity contribution in [2.75, 3.05) is 6.16 Å². The second kappa shape index (κ2) is 10.3. The predicted molar refractivity (Wildman–Crippen MR) is 149 cm³/mol. The van der Waals surface area contributed by atoms with E-state index in [1.807, 2.05) is 127 Å². The van der Waals surface area contributed by atoms with Gasteiger partial charge in [0.1, 0.15) is 12.1 Å². The van der Waals surface area contributed by atoms with E-state index >= 15 is 9.13 Å². The number of nitrogens with zero attached hydrogens (tertiary/aromatic N) is 1. The van der Waals surface area contributed by atoms with E-state index in [0.717, 1.165) is 26.2 Å². The van der Waals surface area contributed by atoms with Crippen LogP contribution in [0, 0.1) is 0 Å². The molecule has 0 N–H and O–H groups in total. The van der Waals surface area contributed by atoms with Crippen molar-refractivity contribution in [3.63, 3.8) is 0 Å². The molecule has 0 fully saturated rings. The van der Waals surface area contributed by atoms with Crippen molar-refractivity contribution in [1.82, 2.24) is 4.98 Å². The summed E-state index contributed by atoms with van der Waals surface area (Å²) in [5.74, 6) is 0. The monoisotopic (exact) mass is 513 g/mol. The zero-order chi connectivity index (χ0) is 24.1. The van der Waals surface area contributed by atoms with Crippen LogP contribution in [0.15, 0.2) is 133 Å². The van der Waals surface area contributed by atoms with Crippen LogP contribution in [0.1, 0.15) is 10.7 Å². The Morgan fingerprint density at radius 1 is 0.600 bits per heavy atom. The van der Waals surface area contributed by atoms with E-state index in [9.17, 15) is 0 Å². The smallest absolute Gasteiger partial charge is 0.153 e. The van der Waals surface area contributed by atoms with Crippen molar-refractivity contribution >= 4 is 46.8 Å². The van der Waals surface area contributed by atoms with Gasteiger partial charge in [0.15, 0.2) is 7.14 Å². The molecule has 1 atom stereocenters. The van der Waals surface area contributed by atoms with Gasteiger partial charge in [-0.2, -0.15) is 0 Å². The number of benzene rings is 4. The van der Waals surface area contributed by atoms with Crippen LogP contribution >= 0.6 is 25.6 Å². The molecule has 0 aliphatic heterocycles. The van der Waals surface area contributed by atoms with Crippen molar-refractivity contribution in [2.24, 2.45) is 0 Å². The zero-order valence-corrected chi connectivity index (χ0v) is 21.7. The molecule has 0 spiro atoms. The minimum absolute atomic E-state index is 0.218. The van der Waals surface area contributed by atoms with Gasteiger partial charge >= 0.3 is 0 Å². The standard InChI is InChI=1S/C29H25NO2P2S/c31-33(24-13-5-1-6-14-24,25-15-7-2-8-16-25)23-28(29-30-21-22-35-29)34(32,26-17-9-3-10-18-26)27-19-11-4-12-20-27/h1-22,28H,23H2. The SMILES string of the molecule is O=P(CC(c1nccs1)P(=O)(c1ccccc1)c1ccccc1)(c1ccccc1)c1ccccc1. The molecule has 1 unspecified atom stereocenters. The van der Waals surface area contributed by atoms with Gasteiger partial charge in [-0.15, -0.1) is 11.3 Å². The summed E-state index contributed by atoms with van der Waals surface area (Å²) in [6, 6.07) is 38.4. The third kappa shape index (κ3) is 4.62. The quantitative estimate of drug-likeness (QED) is 0.232. The summed E-state index contributed by atoms with van der Waals surface area (Å²) >= 11 is 1.47. The molecule has 3 nitrogen and oxygen atoms in total. The number of aromatic nitrogens is 1. The predicted octanol–water partition coefficient (Wildman–Crippen LogP) is 6.21. The largest absolute Gasteiger partial charge is 0.314 e. The first-order valence-electron chi connectivity index (χ1n) is 11.4. The lowest BCUT2D eigenvalue weighted by atomic mass is 10.4. The Balaban J connectivity index is 1.76. The van der Waals surface area contributed by atoms with Crippen molar-refractivity contribution < 1.29 is 9.13 Å². The second-order valence-electron chi connectivity index (χ2n) is 8.31. The molecule has 0 saturated carbocycles. The number of rotatable bonds is 8. The van der Waals surface area contributed by atoms with Gasteiger partial charge in [0, 0.05) is 39.0 Å². The van der Waals surface area contributed by atoms with E-state index in [-0.39, 0.29) is 6.16 Å². The molecule has 0 amide bonds. The van der Waals surface area contributed by atoms with Crippen LogP contribution in [0.4, 0.5) is 0 Å². The van der Waals surface area contributed by atoms with E-state index in [1.54, 1.807) is 6.20 Å². The second-order valence-corrected chi connectivity index (χ2v) is 15.1. The van der Waals surface area contributed by atoms with E-state index in [1.165, 1.54) is 11.3 Å². The van der Waals surface area contributed by atoms with E-state index < -0.39 is 19.9 Å². The topological polar surface area (TPSA) is 47.0 Å². The summed E-state index contributed by atoms with van der Waals surface area (Å²) in [4.78, 5) is 4.63. The molecule has 4 aromatic carbocycles. The summed E-state index contributed by atoms with van der Waals surface area (Å²) in [5.41, 5.74) is -0.543. The maximum atomic E-state index is 15.4. The summed E-state index contributed by atoms with van der Waals surface area (Å²) in [7, 11) is -6.45. The lowest BCUT2D eigenvalue weighted by molar-refractivity contribution is 0.574. The van der Waals surface area contributed by atoms with Crippen molar-refractivity contribution in [3.05, 3.63) is 138 Å². The normalized spacial score (nSPS) is 12.8. The van der Waals surface area contributed by atoms with Gasteiger partial charge < -0.3 is 9.13 Å². The highest BCUT2D eigenvalue weighted by atomic mass is 32.1. The van der Waals surface area contributed by atoms with Crippen LogP contribution in [0.5, 0.6) is 0 Å². The van der Waals surface area contributed by atoms with Crippen LogP contribution in [0.3, 0.4) is 0 Å². The lowest BCUT2D eigenvalue weighted by Gasteiger charge is -2.31. The van der Waals surface area contributed by atoms with Crippen LogP contribution in [0.2, 0.25) is 0 Å². The molecule has 1 heterocycles. The van der Waals surface area contributed by atoms with Crippen LogP contribution in [0.25, 0.3) is 0 Å². The fourth-order valence-electron chi connectivity index (χ4n) is 4.50. The summed E-state index contributed by atoms with van der Waals surface area (Å²) in [6.45, 7) is 0. The first-order chi connectivity index (χ1) is 17.1. The Kier molecular flexibility index (Phi) is 6.97. The van der Waals surface area contributed by atoms with Crippen molar-refractivity contribution in [2.45, 2.75) is 5.66 Å². The molecule has 6 heteroatoms. The molecule has 1 aromatic heterocycles. The highest BCUT2D eigenvalue weighted by Gasteiger charge is 2.44. The number of hydrogen-bond donors (Lipinski definition) is 0. The van der Waals surface area contributed by atoms with Crippen molar-refractivity contribution in [3.8, 4) is 0 Å². The van der Waals surface area contributed by atoms with Crippen molar-refractivity contribution in [1.29, 1.82) is 0 Å². The molecule has 0 saturated heterocycles. The fraction of sp³-hybridized carbons (Fsp3) is 0.0690. The zero-order valence-electron chi connectivity index (χ0n) is 19.1. The van der Waals surface area contributed by atoms with E-state index in [0.29, 0.717) is 0 Å². The first-order valence-corrected chi connectivity index (χ1v) is 16.0. The fourth-order valence-corrected chi connectivity index (χ4v) is 12.8. The van der Waals surface area contributed by atoms with Gasteiger partial charge in [0.05, 0.1) is 5.66 Å². The molecule has 0 aliphatic carbocycles. The van der Waals surface area contributed by atoms with Gasteiger partial charge in [-0.25, -0.2) is 4.98 Å². The summed E-state index contributed by atoms with van der Waals surface area (Å²) < 4.78 is 30.5. The minimum Gasteiger partial charge on any atom is -0.314 e. The van der Waals surface area contributed by atoms with Gasteiger partial charge in [0.25, 0.3) is 0 Å². The molecule has 0 bridgehead atoms. The summed E-state index contributed by atoms with van der Waals surface area (Å²) in [6.07, 6.45) is 1.96. The van der Waals surface area contributed by atoms with Gasteiger partial charge in [0.2, 0.25) is 0 Å². The highest BCUT2D eigenvalue weighted by Crippen LogP contribution is 2.63. The first kappa shape index (κ1) is 23.7. The Labute approximate surface area is 210 Å². The number of hydrogen-bond acceptors (Lipinski definition) is 4. The Morgan fingerprint density at radius 2 is 1.00 bits per heavy atom. The Bertz CT molecular complexity index is 1370. The molecule has 0 radical (unpaired) electrons. The molecular weight excluding hydrogens is 488 g/mol. The van der Waals surface area contributed by atoms with Gasteiger partial charge in [-0.05, 0) is 0 Å². The average molecular weight is 514 g/mol. The molecule has 174 valence electrons. The Morgan fingerprint density at radius 3 is 1.37 bits per heavy atom. The van der Waals surface area contributed by atoms with Gasteiger partial charge in [-0.1, -0.05) is 121 Å². The molecule has 35 heavy (non-hydrogen) atoms. The minimum atomic E-state index is -3.28.